The van der Waals surface area contributed by atoms with Gasteiger partial charge in [0.15, 0.2) is 0 Å². The standard InChI is InChI=1S/C11H8N6O4S/c18-17(19)8-2-4-9(5-3-8)22(20,21)15-10-13-11-12-6-1-7-16(11)14-10/h1-7H,(H,14,15). The molecule has 1 N–H and O–H groups in total. The van der Waals surface area contributed by atoms with Crippen molar-refractivity contribution in [2.75, 3.05) is 4.72 Å². The molecule has 0 aliphatic rings. The molecule has 1 aromatic carbocycles. The molecule has 3 rings (SSSR count). The van der Waals surface area contributed by atoms with Crippen molar-refractivity contribution in [3.8, 4) is 0 Å². The Morgan fingerprint density at radius 2 is 1.95 bits per heavy atom. The summed E-state index contributed by atoms with van der Waals surface area (Å²) in [6.45, 7) is 0. The Morgan fingerprint density at radius 3 is 2.59 bits per heavy atom. The van der Waals surface area contributed by atoms with Gasteiger partial charge >= 0.3 is 0 Å². The van der Waals surface area contributed by atoms with Crippen LogP contribution in [0.25, 0.3) is 5.78 Å². The van der Waals surface area contributed by atoms with Crippen molar-refractivity contribution in [3.63, 3.8) is 0 Å². The topological polar surface area (TPSA) is 132 Å². The highest BCUT2D eigenvalue weighted by atomic mass is 32.2. The molecule has 0 aliphatic heterocycles. The van der Waals surface area contributed by atoms with Crippen LogP contribution < -0.4 is 4.72 Å². The molecule has 0 unspecified atom stereocenters. The fourth-order valence-corrected chi connectivity index (χ4v) is 2.64. The Kier molecular flexibility index (Phi) is 3.18. The Hall–Kier alpha value is -3.08. The van der Waals surface area contributed by atoms with Crippen LogP contribution in [-0.2, 0) is 10.0 Å². The highest BCUT2D eigenvalue weighted by Gasteiger charge is 2.18. The van der Waals surface area contributed by atoms with Crippen molar-refractivity contribution in [1.82, 2.24) is 19.6 Å². The number of aromatic nitrogens is 4. The molecule has 0 amide bonds. The smallest absolute Gasteiger partial charge is 0.258 e. The van der Waals surface area contributed by atoms with Crippen LogP contribution in [-0.4, -0.2) is 32.9 Å². The number of nitro groups is 1. The maximum atomic E-state index is 12.2. The van der Waals surface area contributed by atoms with Gasteiger partial charge in [-0.15, -0.1) is 5.10 Å². The molecular weight excluding hydrogens is 312 g/mol. The first-order chi connectivity index (χ1) is 10.5. The third-order valence-electron chi connectivity index (χ3n) is 2.70. The predicted octanol–water partition coefficient (Wildman–Crippen LogP) is 0.833. The van der Waals surface area contributed by atoms with Gasteiger partial charge in [-0.3, -0.25) is 10.1 Å². The van der Waals surface area contributed by atoms with E-state index in [1.54, 1.807) is 12.3 Å². The van der Waals surface area contributed by atoms with Gasteiger partial charge < -0.3 is 0 Å². The van der Waals surface area contributed by atoms with Gasteiger partial charge in [0.1, 0.15) is 0 Å². The number of anilines is 1. The molecule has 112 valence electrons. The van der Waals surface area contributed by atoms with E-state index in [-0.39, 0.29) is 22.3 Å². The van der Waals surface area contributed by atoms with Crippen molar-refractivity contribution >= 4 is 27.4 Å². The zero-order chi connectivity index (χ0) is 15.7. The van der Waals surface area contributed by atoms with E-state index >= 15 is 0 Å². The van der Waals surface area contributed by atoms with Crippen molar-refractivity contribution in [3.05, 3.63) is 52.8 Å². The van der Waals surface area contributed by atoms with Gasteiger partial charge in [0.05, 0.1) is 9.82 Å². The lowest BCUT2D eigenvalue weighted by Crippen LogP contribution is -2.14. The summed E-state index contributed by atoms with van der Waals surface area (Å²) in [7, 11) is -3.94. The van der Waals surface area contributed by atoms with Crippen LogP contribution in [0.4, 0.5) is 11.6 Å². The summed E-state index contributed by atoms with van der Waals surface area (Å²) in [4.78, 5) is 17.6. The fourth-order valence-electron chi connectivity index (χ4n) is 1.70. The van der Waals surface area contributed by atoms with Crippen LogP contribution in [0, 0.1) is 10.1 Å². The van der Waals surface area contributed by atoms with E-state index in [4.69, 9.17) is 0 Å². The normalized spacial score (nSPS) is 11.5. The lowest BCUT2D eigenvalue weighted by atomic mass is 10.3. The van der Waals surface area contributed by atoms with Crippen LogP contribution in [0.5, 0.6) is 0 Å². The average molecular weight is 320 g/mol. The molecule has 0 aliphatic carbocycles. The maximum Gasteiger partial charge on any atom is 0.269 e. The van der Waals surface area contributed by atoms with Gasteiger partial charge in [-0.2, -0.15) is 4.98 Å². The van der Waals surface area contributed by atoms with E-state index in [0.29, 0.717) is 0 Å². The number of rotatable bonds is 4. The van der Waals surface area contributed by atoms with Gasteiger partial charge in [-0.25, -0.2) is 22.6 Å². The van der Waals surface area contributed by atoms with Crippen LogP contribution in [0.2, 0.25) is 0 Å². The molecule has 0 saturated carbocycles. The number of nitrogens with zero attached hydrogens (tertiary/aromatic N) is 5. The molecule has 22 heavy (non-hydrogen) atoms. The van der Waals surface area contributed by atoms with Gasteiger partial charge in [0.25, 0.3) is 27.4 Å². The van der Waals surface area contributed by atoms with E-state index in [2.05, 4.69) is 19.8 Å². The van der Waals surface area contributed by atoms with Crippen molar-refractivity contribution in [1.29, 1.82) is 0 Å². The number of fused-ring (bicyclic) bond motifs is 1. The zero-order valence-electron chi connectivity index (χ0n) is 10.8. The second kappa shape index (κ2) is 5.04. The third kappa shape index (κ3) is 2.56. The Morgan fingerprint density at radius 1 is 1.23 bits per heavy atom. The number of nitro benzene ring substituents is 1. The SMILES string of the molecule is O=[N+]([O-])c1ccc(S(=O)(=O)Nc2nc3ncccn3n2)cc1. The number of nitrogens with one attached hydrogen (secondary N) is 1. The second-order valence-electron chi connectivity index (χ2n) is 4.16. The van der Waals surface area contributed by atoms with Crippen LogP contribution in [0.15, 0.2) is 47.6 Å². The number of benzene rings is 1. The molecule has 0 fully saturated rings. The summed E-state index contributed by atoms with van der Waals surface area (Å²) >= 11 is 0. The lowest BCUT2D eigenvalue weighted by molar-refractivity contribution is -0.384. The summed E-state index contributed by atoms with van der Waals surface area (Å²) in [6, 6.07) is 6.10. The van der Waals surface area contributed by atoms with E-state index in [1.807, 2.05) is 0 Å². The van der Waals surface area contributed by atoms with Crippen molar-refractivity contribution < 1.29 is 13.3 Å². The highest BCUT2D eigenvalue weighted by molar-refractivity contribution is 7.92. The number of sulfonamides is 1. The molecule has 11 heteroatoms. The lowest BCUT2D eigenvalue weighted by Gasteiger charge is -2.03. The predicted molar refractivity (Wildman–Crippen MR) is 74.7 cm³/mol. The van der Waals surface area contributed by atoms with Crippen LogP contribution >= 0.6 is 0 Å². The largest absolute Gasteiger partial charge is 0.269 e. The average Bonchev–Trinajstić information content (AvgIpc) is 2.88. The third-order valence-corrected chi connectivity index (χ3v) is 4.04. The first kappa shape index (κ1) is 13.9. The van der Waals surface area contributed by atoms with E-state index in [0.717, 1.165) is 24.3 Å². The molecular formula is C11H8N6O4S. The number of non-ortho nitro benzene ring substituents is 1. The van der Waals surface area contributed by atoms with E-state index < -0.39 is 14.9 Å². The summed E-state index contributed by atoms with van der Waals surface area (Å²) in [6.07, 6.45) is 3.07. The van der Waals surface area contributed by atoms with Gasteiger partial charge in [-0.1, -0.05) is 0 Å². The molecule has 3 aromatic rings. The monoisotopic (exact) mass is 320 g/mol. The Labute approximate surface area is 123 Å². The fraction of sp³-hybridized carbons (Fsp3) is 0. The molecule has 0 saturated heterocycles. The minimum absolute atomic E-state index is 0.134. The van der Waals surface area contributed by atoms with Gasteiger partial charge in [0, 0.05) is 24.5 Å². The first-order valence-electron chi connectivity index (χ1n) is 5.90. The minimum atomic E-state index is -3.94. The number of hydrogen-bond acceptors (Lipinski definition) is 7. The zero-order valence-corrected chi connectivity index (χ0v) is 11.6. The summed E-state index contributed by atoms with van der Waals surface area (Å²) < 4.78 is 27.8. The van der Waals surface area contributed by atoms with E-state index in [1.165, 1.54) is 10.7 Å². The highest BCUT2D eigenvalue weighted by Crippen LogP contribution is 2.17. The quantitative estimate of drug-likeness (QED) is 0.556. The molecule has 2 aromatic heterocycles. The first-order valence-corrected chi connectivity index (χ1v) is 7.39. The van der Waals surface area contributed by atoms with Crippen molar-refractivity contribution in [2.45, 2.75) is 4.90 Å². The molecule has 2 heterocycles. The molecule has 0 bridgehead atoms. The van der Waals surface area contributed by atoms with E-state index in [9.17, 15) is 18.5 Å². The van der Waals surface area contributed by atoms with Gasteiger partial charge in [-0.05, 0) is 18.2 Å². The Bertz CT molecular complexity index is 917. The summed E-state index contributed by atoms with van der Waals surface area (Å²) in [5.74, 6) is 0.0981. The summed E-state index contributed by atoms with van der Waals surface area (Å²) in [5, 5.41) is 14.5. The maximum absolute atomic E-state index is 12.2. The molecule has 0 spiro atoms. The molecule has 0 radical (unpaired) electrons. The van der Waals surface area contributed by atoms with Crippen LogP contribution in [0.3, 0.4) is 0 Å². The second-order valence-corrected chi connectivity index (χ2v) is 5.84. The van der Waals surface area contributed by atoms with Gasteiger partial charge in [0.2, 0.25) is 0 Å². The summed E-state index contributed by atoms with van der Waals surface area (Å²) in [5.41, 5.74) is -0.200. The minimum Gasteiger partial charge on any atom is -0.258 e. The Balaban J connectivity index is 1.90. The van der Waals surface area contributed by atoms with Crippen LogP contribution in [0.1, 0.15) is 0 Å². The van der Waals surface area contributed by atoms with Crippen molar-refractivity contribution in [2.24, 2.45) is 0 Å². The molecule has 0 atom stereocenters. The number of hydrogen-bond donors (Lipinski definition) is 1. The molecule has 10 nitrogen and oxygen atoms in total.